The molecule has 0 aliphatic rings. The third-order valence-corrected chi connectivity index (χ3v) is 1.15. The Bertz CT molecular complexity index is 86.1. The van der Waals surface area contributed by atoms with E-state index in [1.807, 2.05) is 0 Å². The third-order valence-electron chi connectivity index (χ3n) is 0.551. The second kappa shape index (κ2) is 4.04. The number of hydrogen-bond donors (Lipinski definition) is 1. The van der Waals surface area contributed by atoms with Crippen LogP contribution in [0.1, 0.15) is 6.92 Å². The third kappa shape index (κ3) is 4.27. The molecule has 48 valence electrons. The highest BCUT2D eigenvalue weighted by atomic mass is 35.5. The van der Waals surface area contributed by atoms with Crippen molar-refractivity contribution in [2.45, 2.75) is 13.0 Å². The predicted molar refractivity (Wildman–Crippen MR) is 35.6 cm³/mol. The molecule has 0 heterocycles. The molecule has 0 saturated carbocycles. The molecule has 0 aromatic carbocycles. The molecule has 0 saturated heterocycles. The number of carbonyl (C=O) groups excluding carboxylic acids is 1. The van der Waals surface area contributed by atoms with Crippen molar-refractivity contribution < 1.29 is 9.53 Å². The Hall–Kier alpha value is 0.110. The Morgan fingerprint density at radius 1 is 2.00 bits per heavy atom. The van der Waals surface area contributed by atoms with Crippen LogP contribution in [0, 0.1) is 0 Å². The lowest BCUT2D eigenvalue weighted by Gasteiger charge is -2.04. The summed E-state index contributed by atoms with van der Waals surface area (Å²) in [5, 5.41) is 0. The summed E-state index contributed by atoms with van der Waals surface area (Å²) in [6.45, 7) is 1.72. The molecular weight excluding hydrogens is 148 g/mol. The van der Waals surface area contributed by atoms with Crippen molar-refractivity contribution in [2.75, 3.05) is 5.75 Å². The number of hydrogen-bond acceptors (Lipinski definition) is 3. The minimum absolute atomic E-state index is 0.191. The smallest absolute Gasteiger partial charge is 0.404 e. The topological polar surface area (TPSA) is 26.3 Å². The zero-order chi connectivity index (χ0) is 6.57. The van der Waals surface area contributed by atoms with E-state index in [2.05, 4.69) is 17.4 Å². The lowest BCUT2D eigenvalue weighted by atomic mass is 10.5. The average Bonchev–Trinajstić information content (AvgIpc) is 1.65. The fraction of sp³-hybridized carbons (Fsp3) is 0.750. The molecule has 0 aliphatic heterocycles. The summed E-state index contributed by atoms with van der Waals surface area (Å²) in [5.41, 5.74) is -0.772. The molecule has 0 aromatic rings. The highest BCUT2D eigenvalue weighted by Crippen LogP contribution is 1.96. The standard InChI is InChI=1S/C4H7ClO2S/c1-3(2-8)7-4(5)6/h3,8H,2H2,1H3. The SMILES string of the molecule is CC(CS)OC(=O)Cl. The quantitative estimate of drug-likeness (QED) is 0.484. The molecule has 0 fully saturated rings. The van der Waals surface area contributed by atoms with Crippen LogP contribution in [0.3, 0.4) is 0 Å². The van der Waals surface area contributed by atoms with E-state index in [0.717, 1.165) is 0 Å². The van der Waals surface area contributed by atoms with Crippen LogP contribution < -0.4 is 0 Å². The molecular formula is C4H7ClO2S. The van der Waals surface area contributed by atoms with E-state index in [-0.39, 0.29) is 6.10 Å². The summed E-state index contributed by atoms with van der Waals surface area (Å²) >= 11 is 8.71. The van der Waals surface area contributed by atoms with Gasteiger partial charge < -0.3 is 4.74 Å². The summed E-state index contributed by atoms with van der Waals surface area (Å²) in [6.07, 6.45) is -0.191. The molecule has 1 unspecified atom stereocenters. The van der Waals surface area contributed by atoms with Gasteiger partial charge in [-0.2, -0.15) is 12.6 Å². The van der Waals surface area contributed by atoms with Crippen LogP contribution in [0.2, 0.25) is 0 Å². The van der Waals surface area contributed by atoms with Gasteiger partial charge in [-0.05, 0) is 6.92 Å². The zero-order valence-corrected chi connectivity index (χ0v) is 6.08. The molecule has 2 nitrogen and oxygen atoms in total. The van der Waals surface area contributed by atoms with E-state index in [1.165, 1.54) is 0 Å². The first-order valence-electron chi connectivity index (χ1n) is 2.13. The van der Waals surface area contributed by atoms with E-state index in [9.17, 15) is 4.79 Å². The van der Waals surface area contributed by atoms with Gasteiger partial charge >= 0.3 is 5.43 Å². The highest BCUT2D eigenvalue weighted by Gasteiger charge is 2.01. The molecule has 0 spiro atoms. The van der Waals surface area contributed by atoms with Gasteiger partial charge in [0.1, 0.15) is 6.10 Å². The maximum Gasteiger partial charge on any atom is 0.404 e. The second-order valence-electron chi connectivity index (χ2n) is 1.35. The summed E-state index contributed by atoms with van der Waals surface area (Å²) in [6, 6.07) is 0. The molecule has 8 heavy (non-hydrogen) atoms. The molecule has 0 aliphatic carbocycles. The zero-order valence-electron chi connectivity index (χ0n) is 4.43. The minimum atomic E-state index is -0.772. The van der Waals surface area contributed by atoms with Crippen molar-refractivity contribution in [3.8, 4) is 0 Å². The fourth-order valence-electron chi connectivity index (χ4n) is 0.195. The van der Waals surface area contributed by atoms with E-state index in [4.69, 9.17) is 11.6 Å². The van der Waals surface area contributed by atoms with Crippen molar-refractivity contribution in [3.05, 3.63) is 0 Å². The Morgan fingerprint density at radius 2 is 2.50 bits per heavy atom. The van der Waals surface area contributed by atoms with Crippen molar-refractivity contribution in [2.24, 2.45) is 0 Å². The molecule has 0 radical (unpaired) electrons. The van der Waals surface area contributed by atoms with E-state index in [1.54, 1.807) is 6.92 Å². The van der Waals surface area contributed by atoms with E-state index >= 15 is 0 Å². The van der Waals surface area contributed by atoms with Crippen LogP contribution in [0.5, 0.6) is 0 Å². The Morgan fingerprint density at radius 3 is 2.62 bits per heavy atom. The van der Waals surface area contributed by atoms with Gasteiger partial charge in [0.25, 0.3) is 0 Å². The van der Waals surface area contributed by atoms with Crippen LogP contribution in [0.25, 0.3) is 0 Å². The van der Waals surface area contributed by atoms with Gasteiger partial charge in [0.2, 0.25) is 0 Å². The molecule has 0 rings (SSSR count). The normalized spacial score (nSPS) is 12.9. The Balaban J connectivity index is 3.24. The van der Waals surface area contributed by atoms with E-state index < -0.39 is 5.43 Å². The van der Waals surface area contributed by atoms with Gasteiger partial charge in [-0.15, -0.1) is 0 Å². The van der Waals surface area contributed by atoms with Crippen molar-refractivity contribution in [1.29, 1.82) is 0 Å². The van der Waals surface area contributed by atoms with Crippen molar-refractivity contribution in [3.63, 3.8) is 0 Å². The van der Waals surface area contributed by atoms with Crippen LogP contribution in [-0.2, 0) is 4.74 Å². The summed E-state index contributed by atoms with van der Waals surface area (Å²) < 4.78 is 4.45. The minimum Gasteiger partial charge on any atom is -0.450 e. The average molecular weight is 155 g/mol. The van der Waals surface area contributed by atoms with Gasteiger partial charge in [-0.3, -0.25) is 0 Å². The van der Waals surface area contributed by atoms with Gasteiger partial charge in [0.05, 0.1) is 0 Å². The highest BCUT2D eigenvalue weighted by molar-refractivity contribution is 7.80. The maximum atomic E-state index is 9.92. The number of ether oxygens (including phenoxy) is 1. The van der Waals surface area contributed by atoms with Crippen molar-refractivity contribution >= 4 is 29.7 Å². The van der Waals surface area contributed by atoms with Gasteiger partial charge in [0, 0.05) is 17.4 Å². The molecule has 0 N–H and O–H groups in total. The van der Waals surface area contributed by atoms with E-state index in [0.29, 0.717) is 5.75 Å². The summed E-state index contributed by atoms with van der Waals surface area (Å²) in [4.78, 5) is 9.92. The molecule has 0 bridgehead atoms. The summed E-state index contributed by atoms with van der Waals surface area (Å²) in [5.74, 6) is 0.498. The van der Waals surface area contributed by atoms with Gasteiger partial charge in [-0.25, -0.2) is 4.79 Å². The lowest BCUT2D eigenvalue weighted by Crippen LogP contribution is -2.10. The monoisotopic (exact) mass is 154 g/mol. The number of rotatable bonds is 2. The summed E-state index contributed by atoms with van der Waals surface area (Å²) in [7, 11) is 0. The first kappa shape index (κ1) is 8.11. The molecule has 4 heteroatoms. The fourth-order valence-corrected chi connectivity index (χ4v) is 0.422. The maximum absolute atomic E-state index is 9.92. The number of halogens is 1. The number of thiol groups is 1. The molecule has 0 aromatic heterocycles. The van der Waals surface area contributed by atoms with Crippen molar-refractivity contribution in [1.82, 2.24) is 0 Å². The Labute approximate surface area is 58.6 Å². The van der Waals surface area contributed by atoms with Crippen LogP contribution in [0.4, 0.5) is 4.79 Å². The largest absolute Gasteiger partial charge is 0.450 e. The number of carbonyl (C=O) groups is 1. The van der Waals surface area contributed by atoms with Crippen LogP contribution in [-0.4, -0.2) is 17.3 Å². The molecule has 0 amide bonds. The van der Waals surface area contributed by atoms with Gasteiger partial charge in [-0.1, -0.05) is 0 Å². The predicted octanol–water partition coefficient (Wildman–Crippen LogP) is 1.68. The van der Waals surface area contributed by atoms with Crippen LogP contribution >= 0.6 is 24.2 Å². The van der Waals surface area contributed by atoms with Gasteiger partial charge in [0.15, 0.2) is 0 Å². The van der Waals surface area contributed by atoms with Crippen LogP contribution in [0.15, 0.2) is 0 Å². The Kier molecular flexibility index (Phi) is 4.09. The first-order valence-corrected chi connectivity index (χ1v) is 3.15. The first-order chi connectivity index (χ1) is 3.66. The molecule has 1 atom stereocenters. The lowest BCUT2D eigenvalue weighted by molar-refractivity contribution is 0.143. The second-order valence-corrected chi connectivity index (χ2v) is 2.02.